The fourth-order valence-corrected chi connectivity index (χ4v) is 4.64. The minimum atomic E-state index is -0.654. The fourth-order valence-electron chi connectivity index (χ4n) is 4.64. The number of aryl methyl sites for hydroxylation is 1. The van der Waals surface area contributed by atoms with Gasteiger partial charge < -0.3 is 9.47 Å². The Morgan fingerprint density at radius 3 is 1.73 bits per heavy atom. The third-order valence-electron chi connectivity index (χ3n) is 7.00. The Kier molecular flexibility index (Phi) is 8.01. The van der Waals surface area contributed by atoms with E-state index in [1.807, 2.05) is 79.7 Å². The van der Waals surface area contributed by atoms with Gasteiger partial charge in [0.15, 0.2) is 12.4 Å². The van der Waals surface area contributed by atoms with Gasteiger partial charge in [0, 0.05) is 16.7 Å². The van der Waals surface area contributed by atoms with E-state index in [0.717, 1.165) is 22.4 Å². The lowest BCUT2D eigenvalue weighted by atomic mass is 10.0. The maximum atomic E-state index is 12.9. The van der Waals surface area contributed by atoms with Crippen LogP contribution in [0.3, 0.4) is 0 Å². The smallest absolute Gasteiger partial charge is 0.343 e. The highest BCUT2D eigenvalue weighted by Gasteiger charge is 2.17. The average Bonchev–Trinajstić information content (AvgIpc) is 3.07. The van der Waals surface area contributed by atoms with Crippen molar-refractivity contribution < 1.29 is 23.9 Å². The lowest BCUT2D eigenvalue weighted by Crippen LogP contribution is -2.14. The zero-order chi connectivity index (χ0) is 30.5. The van der Waals surface area contributed by atoms with Gasteiger partial charge in [-0.15, -0.1) is 0 Å². The number of rotatable bonds is 8. The van der Waals surface area contributed by atoms with Gasteiger partial charge >= 0.3 is 11.9 Å². The Labute approximate surface area is 253 Å². The zero-order valence-electron chi connectivity index (χ0n) is 23.8. The van der Waals surface area contributed by atoms with E-state index in [-0.39, 0.29) is 5.56 Å². The lowest BCUT2D eigenvalue weighted by Gasteiger charge is -2.11. The first kappa shape index (κ1) is 28.2. The summed E-state index contributed by atoms with van der Waals surface area (Å²) in [4.78, 5) is 47.8. The van der Waals surface area contributed by atoms with Crippen LogP contribution >= 0.6 is 0 Å². The van der Waals surface area contributed by atoms with Crippen molar-refractivity contribution in [3.63, 3.8) is 0 Å². The average molecular weight is 579 g/mol. The molecule has 5 aromatic carbocycles. The second-order valence-corrected chi connectivity index (χ2v) is 10.1. The summed E-state index contributed by atoms with van der Waals surface area (Å²) in [6.07, 6.45) is 0. The number of ether oxygens (including phenoxy) is 2. The molecule has 0 aliphatic rings. The summed E-state index contributed by atoms with van der Waals surface area (Å²) >= 11 is 0. The molecule has 7 heteroatoms. The molecule has 0 unspecified atom stereocenters. The Bertz CT molecular complexity index is 1970. The van der Waals surface area contributed by atoms with Gasteiger partial charge in [0.05, 0.1) is 33.5 Å². The van der Waals surface area contributed by atoms with Crippen LogP contribution in [0.25, 0.3) is 33.5 Å². The summed E-state index contributed by atoms with van der Waals surface area (Å²) in [5.41, 5.74) is 6.45. The van der Waals surface area contributed by atoms with Crippen molar-refractivity contribution in [2.75, 3.05) is 6.61 Å². The monoisotopic (exact) mass is 578 g/mol. The maximum absolute atomic E-state index is 12.9. The first-order valence-corrected chi connectivity index (χ1v) is 14.0. The molecule has 0 aliphatic heterocycles. The van der Waals surface area contributed by atoms with E-state index in [1.54, 1.807) is 30.3 Å². The number of Topliss-reactive ketones (excluding diaryl/α,β-unsaturated/α-hetero) is 1. The highest BCUT2D eigenvalue weighted by molar-refractivity contribution is 6.00. The molecule has 6 aromatic rings. The van der Waals surface area contributed by atoms with Crippen molar-refractivity contribution in [3.05, 3.63) is 150 Å². The molecule has 1 aromatic heterocycles. The van der Waals surface area contributed by atoms with Gasteiger partial charge in [0.1, 0.15) is 5.75 Å². The number of hydrogen-bond acceptors (Lipinski definition) is 7. The van der Waals surface area contributed by atoms with Crippen LogP contribution in [0.4, 0.5) is 0 Å². The van der Waals surface area contributed by atoms with Gasteiger partial charge in [-0.2, -0.15) is 0 Å². The van der Waals surface area contributed by atoms with Crippen molar-refractivity contribution >= 4 is 28.8 Å². The molecule has 0 amide bonds. The Morgan fingerprint density at radius 1 is 0.568 bits per heavy atom. The third kappa shape index (κ3) is 6.27. The molecule has 0 saturated carbocycles. The number of esters is 2. The Morgan fingerprint density at radius 2 is 1.11 bits per heavy atom. The van der Waals surface area contributed by atoms with Gasteiger partial charge in [-0.1, -0.05) is 78.4 Å². The zero-order valence-corrected chi connectivity index (χ0v) is 23.8. The summed E-state index contributed by atoms with van der Waals surface area (Å²) in [5.74, 6) is -1.25. The third-order valence-corrected chi connectivity index (χ3v) is 7.00. The quantitative estimate of drug-likeness (QED) is 0.105. The van der Waals surface area contributed by atoms with Crippen LogP contribution in [0.2, 0.25) is 0 Å². The van der Waals surface area contributed by atoms with E-state index in [0.29, 0.717) is 33.6 Å². The molecule has 0 saturated heterocycles. The van der Waals surface area contributed by atoms with E-state index in [9.17, 15) is 14.4 Å². The number of aromatic nitrogens is 2. The lowest BCUT2D eigenvalue weighted by molar-refractivity contribution is 0.0474. The Hall–Kier alpha value is -5.95. The molecule has 0 radical (unpaired) electrons. The molecular formula is C37H26N2O5. The molecule has 0 N–H and O–H groups in total. The molecule has 44 heavy (non-hydrogen) atoms. The minimum Gasteiger partial charge on any atom is -0.454 e. The van der Waals surface area contributed by atoms with Crippen LogP contribution in [0.15, 0.2) is 127 Å². The summed E-state index contributed by atoms with van der Waals surface area (Å²) in [7, 11) is 0. The second kappa shape index (κ2) is 12.5. The first-order valence-electron chi connectivity index (χ1n) is 14.0. The van der Waals surface area contributed by atoms with Crippen LogP contribution in [-0.2, 0) is 4.74 Å². The number of ketones is 1. The van der Waals surface area contributed by atoms with Crippen LogP contribution < -0.4 is 4.74 Å². The van der Waals surface area contributed by atoms with Crippen molar-refractivity contribution in [1.29, 1.82) is 0 Å². The van der Waals surface area contributed by atoms with Crippen molar-refractivity contribution in [3.8, 4) is 28.3 Å². The van der Waals surface area contributed by atoms with Crippen LogP contribution in [0, 0.1) is 6.92 Å². The van der Waals surface area contributed by atoms with E-state index in [4.69, 9.17) is 19.4 Å². The number of fused-ring (bicyclic) bond motifs is 1. The summed E-state index contributed by atoms with van der Waals surface area (Å²) < 4.78 is 10.7. The summed E-state index contributed by atoms with van der Waals surface area (Å²) in [5, 5.41) is 0. The minimum absolute atomic E-state index is 0.254. The second-order valence-electron chi connectivity index (χ2n) is 10.1. The van der Waals surface area contributed by atoms with Gasteiger partial charge in [0.2, 0.25) is 0 Å². The van der Waals surface area contributed by atoms with E-state index in [2.05, 4.69) is 0 Å². The van der Waals surface area contributed by atoms with Crippen LogP contribution in [0.5, 0.6) is 5.75 Å². The summed E-state index contributed by atoms with van der Waals surface area (Å²) in [6, 6.07) is 37.6. The van der Waals surface area contributed by atoms with Crippen LogP contribution in [-0.4, -0.2) is 34.3 Å². The maximum Gasteiger partial charge on any atom is 0.343 e. The predicted octanol–water partition coefficient (Wildman–Crippen LogP) is 7.53. The van der Waals surface area contributed by atoms with Crippen LogP contribution in [0.1, 0.15) is 36.6 Å². The standard InChI is InChI=1S/C37H26N2O5/c1-24-12-14-28(15-13-24)37(42)44-30-19-16-25(17-20-30)33(40)23-43-36(41)29-18-21-31-32(22-29)39-35(27-10-6-3-7-11-27)34(38-31)26-8-4-2-5-9-26/h2-22H,23H2,1H3. The van der Waals surface area contributed by atoms with Gasteiger partial charge in [-0.05, 0) is 61.5 Å². The predicted molar refractivity (Wildman–Crippen MR) is 168 cm³/mol. The van der Waals surface area contributed by atoms with Gasteiger partial charge in [-0.3, -0.25) is 4.79 Å². The van der Waals surface area contributed by atoms with Crippen molar-refractivity contribution in [2.45, 2.75) is 6.92 Å². The number of carbonyl (C=O) groups excluding carboxylic acids is 3. The molecule has 0 spiro atoms. The van der Waals surface area contributed by atoms with E-state index < -0.39 is 24.3 Å². The topological polar surface area (TPSA) is 95.5 Å². The largest absolute Gasteiger partial charge is 0.454 e. The number of carbonyl (C=O) groups is 3. The number of hydrogen-bond donors (Lipinski definition) is 0. The van der Waals surface area contributed by atoms with Gasteiger partial charge in [0.25, 0.3) is 0 Å². The highest BCUT2D eigenvalue weighted by atomic mass is 16.5. The summed E-state index contributed by atoms with van der Waals surface area (Å²) in [6.45, 7) is 1.48. The van der Waals surface area contributed by atoms with E-state index in [1.165, 1.54) is 24.3 Å². The molecule has 0 atom stereocenters. The first-order chi connectivity index (χ1) is 21.4. The number of benzene rings is 5. The van der Waals surface area contributed by atoms with Crippen molar-refractivity contribution in [1.82, 2.24) is 9.97 Å². The molecule has 0 fully saturated rings. The molecule has 214 valence electrons. The van der Waals surface area contributed by atoms with Crippen molar-refractivity contribution in [2.24, 2.45) is 0 Å². The highest BCUT2D eigenvalue weighted by Crippen LogP contribution is 2.31. The molecule has 1 heterocycles. The molecule has 0 bridgehead atoms. The van der Waals surface area contributed by atoms with Gasteiger partial charge in [-0.25, -0.2) is 19.6 Å². The number of nitrogens with zero attached hydrogens (tertiary/aromatic N) is 2. The van der Waals surface area contributed by atoms with E-state index >= 15 is 0 Å². The molecule has 0 aliphatic carbocycles. The fraction of sp³-hybridized carbons (Fsp3) is 0.0541. The molecule has 6 rings (SSSR count). The normalized spacial score (nSPS) is 10.8. The Balaban J connectivity index is 1.15. The molecule has 7 nitrogen and oxygen atoms in total. The SMILES string of the molecule is Cc1ccc(C(=O)Oc2ccc(C(=O)COC(=O)c3ccc4nc(-c5ccccc5)c(-c5ccccc5)nc4c3)cc2)cc1. The molecular weight excluding hydrogens is 552 g/mol.